The standard InChI is InChI=1S/C14H17F2NO3/c1-9(2)8-17(4-3-13(18)19)14(20)10-5-11(15)7-12(16)6-10/h5-7,9H,3-4,8H2,1-2H3,(H,18,19). The number of rotatable bonds is 6. The fourth-order valence-electron chi connectivity index (χ4n) is 1.81. The molecule has 1 amide bonds. The first kappa shape index (κ1) is 16.1. The van der Waals surface area contributed by atoms with Crippen molar-refractivity contribution in [3.8, 4) is 0 Å². The van der Waals surface area contributed by atoms with Crippen molar-refractivity contribution in [2.24, 2.45) is 5.92 Å². The molecule has 0 aliphatic carbocycles. The van der Waals surface area contributed by atoms with Gasteiger partial charge < -0.3 is 10.0 Å². The Morgan fingerprint density at radius 2 is 1.75 bits per heavy atom. The smallest absolute Gasteiger partial charge is 0.305 e. The van der Waals surface area contributed by atoms with Crippen LogP contribution >= 0.6 is 0 Å². The van der Waals surface area contributed by atoms with E-state index in [0.29, 0.717) is 12.6 Å². The van der Waals surface area contributed by atoms with E-state index in [9.17, 15) is 18.4 Å². The second-order valence-electron chi connectivity index (χ2n) is 4.95. The average molecular weight is 285 g/mol. The second kappa shape index (κ2) is 6.98. The van der Waals surface area contributed by atoms with Crippen LogP contribution in [0.15, 0.2) is 18.2 Å². The van der Waals surface area contributed by atoms with Crippen molar-refractivity contribution in [1.29, 1.82) is 0 Å². The van der Waals surface area contributed by atoms with Crippen LogP contribution in [0.25, 0.3) is 0 Å². The van der Waals surface area contributed by atoms with Gasteiger partial charge in [-0.2, -0.15) is 0 Å². The maximum Gasteiger partial charge on any atom is 0.305 e. The van der Waals surface area contributed by atoms with E-state index in [2.05, 4.69) is 0 Å². The van der Waals surface area contributed by atoms with E-state index in [-0.39, 0.29) is 24.4 Å². The van der Waals surface area contributed by atoms with Gasteiger partial charge in [-0.1, -0.05) is 13.8 Å². The first-order valence-corrected chi connectivity index (χ1v) is 6.26. The number of benzene rings is 1. The van der Waals surface area contributed by atoms with Gasteiger partial charge in [0.05, 0.1) is 6.42 Å². The Morgan fingerprint density at radius 1 is 1.20 bits per heavy atom. The second-order valence-corrected chi connectivity index (χ2v) is 4.95. The zero-order valence-electron chi connectivity index (χ0n) is 11.4. The van der Waals surface area contributed by atoms with Crippen LogP contribution in [0, 0.1) is 17.6 Å². The third-order valence-corrected chi connectivity index (χ3v) is 2.58. The lowest BCUT2D eigenvalue weighted by atomic mass is 10.1. The highest BCUT2D eigenvalue weighted by atomic mass is 19.1. The number of halogens is 2. The summed E-state index contributed by atoms with van der Waals surface area (Å²) in [6.45, 7) is 4.06. The number of nitrogens with zero attached hydrogens (tertiary/aromatic N) is 1. The van der Waals surface area contributed by atoms with E-state index in [0.717, 1.165) is 12.1 Å². The normalized spacial score (nSPS) is 10.7. The highest BCUT2D eigenvalue weighted by molar-refractivity contribution is 5.94. The van der Waals surface area contributed by atoms with Crippen LogP contribution < -0.4 is 0 Å². The van der Waals surface area contributed by atoms with Crippen molar-refractivity contribution in [2.45, 2.75) is 20.3 Å². The van der Waals surface area contributed by atoms with Crippen molar-refractivity contribution in [1.82, 2.24) is 4.90 Å². The van der Waals surface area contributed by atoms with Crippen molar-refractivity contribution in [3.05, 3.63) is 35.4 Å². The molecule has 4 nitrogen and oxygen atoms in total. The third kappa shape index (κ3) is 4.95. The van der Waals surface area contributed by atoms with E-state index in [1.807, 2.05) is 13.8 Å². The summed E-state index contributed by atoms with van der Waals surface area (Å²) in [5.74, 6) is -3.16. The molecule has 0 fully saturated rings. The van der Waals surface area contributed by atoms with Gasteiger partial charge in [0.15, 0.2) is 0 Å². The zero-order chi connectivity index (χ0) is 15.3. The summed E-state index contributed by atoms with van der Waals surface area (Å²) in [5, 5.41) is 8.68. The molecule has 0 saturated carbocycles. The van der Waals surface area contributed by atoms with Gasteiger partial charge in [0.2, 0.25) is 0 Å². The van der Waals surface area contributed by atoms with Crippen LogP contribution in [0.4, 0.5) is 8.78 Å². The van der Waals surface area contributed by atoms with E-state index in [1.54, 1.807) is 0 Å². The molecule has 0 aromatic heterocycles. The van der Waals surface area contributed by atoms with E-state index >= 15 is 0 Å². The summed E-state index contributed by atoms with van der Waals surface area (Å²) in [4.78, 5) is 24.1. The lowest BCUT2D eigenvalue weighted by Crippen LogP contribution is -2.36. The summed E-state index contributed by atoms with van der Waals surface area (Å²) in [7, 11) is 0. The molecule has 6 heteroatoms. The molecular weight excluding hydrogens is 268 g/mol. The molecule has 0 saturated heterocycles. The van der Waals surface area contributed by atoms with Gasteiger partial charge in [-0.3, -0.25) is 9.59 Å². The third-order valence-electron chi connectivity index (χ3n) is 2.58. The maximum absolute atomic E-state index is 13.1. The molecule has 0 aliphatic heterocycles. The van der Waals surface area contributed by atoms with Gasteiger partial charge in [0.1, 0.15) is 11.6 Å². The molecule has 0 heterocycles. The number of carbonyl (C=O) groups excluding carboxylic acids is 1. The quantitative estimate of drug-likeness (QED) is 0.873. The predicted molar refractivity (Wildman–Crippen MR) is 69.4 cm³/mol. The summed E-state index contributed by atoms with van der Waals surface area (Å²) in [6.07, 6.45) is -0.212. The van der Waals surface area contributed by atoms with Gasteiger partial charge in [-0.15, -0.1) is 0 Å². The molecule has 0 spiro atoms. The Kier molecular flexibility index (Phi) is 5.61. The summed E-state index contributed by atoms with van der Waals surface area (Å²) >= 11 is 0. The van der Waals surface area contributed by atoms with Crippen molar-refractivity contribution in [3.63, 3.8) is 0 Å². The fraction of sp³-hybridized carbons (Fsp3) is 0.429. The molecule has 1 aromatic rings. The van der Waals surface area contributed by atoms with E-state index in [4.69, 9.17) is 5.11 Å². The predicted octanol–water partition coefficient (Wildman–Crippen LogP) is 2.54. The number of carbonyl (C=O) groups is 2. The number of carboxylic acid groups (broad SMARTS) is 1. The minimum Gasteiger partial charge on any atom is -0.481 e. The first-order valence-electron chi connectivity index (χ1n) is 6.26. The van der Waals surface area contributed by atoms with Crippen LogP contribution in [0.1, 0.15) is 30.6 Å². The Bertz CT molecular complexity index is 483. The lowest BCUT2D eigenvalue weighted by molar-refractivity contribution is -0.137. The van der Waals surface area contributed by atoms with Crippen LogP contribution in [-0.2, 0) is 4.79 Å². The largest absolute Gasteiger partial charge is 0.481 e. The van der Waals surface area contributed by atoms with Gasteiger partial charge >= 0.3 is 5.97 Å². The molecule has 0 bridgehead atoms. The number of carboxylic acids is 1. The monoisotopic (exact) mass is 285 g/mol. The minimum absolute atomic E-state index is 0.00444. The number of aliphatic carboxylic acids is 1. The molecule has 1 rings (SSSR count). The minimum atomic E-state index is -1.03. The van der Waals surface area contributed by atoms with Crippen LogP contribution in [0.2, 0.25) is 0 Å². The Morgan fingerprint density at radius 3 is 2.20 bits per heavy atom. The molecular formula is C14H17F2NO3. The maximum atomic E-state index is 13.1. The van der Waals surface area contributed by atoms with Gasteiger partial charge in [0.25, 0.3) is 5.91 Å². The van der Waals surface area contributed by atoms with Crippen LogP contribution in [-0.4, -0.2) is 35.0 Å². The highest BCUT2D eigenvalue weighted by Crippen LogP contribution is 2.12. The first-order chi connectivity index (χ1) is 9.29. The Hall–Kier alpha value is -1.98. The Balaban J connectivity index is 2.93. The van der Waals surface area contributed by atoms with Crippen molar-refractivity contribution < 1.29 is 23.5 Å². The fourth-order valence-corrected chi connectivity index (χ4v) is 1.81. The summed E-state index contributed by atoms with van der Waals surface area (Å²) in [6, 6.07) is 2.57. The van der Waals surface area contributed by atoms with Crippen LogP contribution in [0.5, 0.6) is 0 Å². The summed E-state index contributed by atoms with van der Waals surface area (Å²) in [5.41, 5.74) is -0.117. The molecule has 20 heavy (non-hydrogen) atoms. The van der Waals surface area contributed by atoms with Gasteiger partial charge in [-0.25, -0.2) is 8.78 Å². The SMILES string of the molecule is CC(C)CN(CCC(=O)O)C(=O)c1cc(F)cc(F)c1. The molecule has 0 atom stereocenters. The topological polar surface area (TPSA) is 57.6 Å². The molecule has 0 radical (unpaired) electrons. The molecule has 1 aromatic carbocycles. The van der Waals surface area contributed by atoms with E-state index in [1.165, 1.54) is 4.90 Å². The zero-order valence-corrected chi connectivity index (χ0v) is 11.4. The Labute approximate surface area is 116 Å². The van der Waals surface area contributed by atoms with E-state index < -0.39 is 23.5 Å². The number of amides is 1. The van der Waals surface area contributed by atoms with Crippen molar-refractivity contribution >= 4 is 11.9 Å². The lowest BCUT2D eigenvalue weighted by Gasteiger charge is -2.24. The van der Waals surface area contributed by atoms with Crippen molar-refractivity contribution in [2.75, 3.05) is 13.1 Å². The average Bonchev–Trinajstić information content (AvgIpc) is 2.31. The van der Waals surface area contributed by atoms with Gasteiger partial charge in [-0.05, 0) is 18.1 Å². The summed E-state index contributed by atoms with van der Waals surface area (Å²) < 4.78 is 26.2. The molecule has 0 aliphatic rings. The molecule has 1 N–H and O–H groups in total. The van der Waals surface area contributed by atoms with Crippen LogP contribution in [0.3, 0.4) is 0 Å². The number of hydrogen-bond acceptors (Lipinski definition) is 2. The molecule has 0 unspecified atom stereocenters. The number of hydrogen-bond donors (Lipinski definition) is 1. The highest BCUT2D eigenvalue weighted by Gasteiger charge is 2.19. The molecule has 110 valence electrons. The van der Waals surface area contributed by atoms with Gasteiger partial charge in [0, 0.05) is 24.7 Å².